The molecule has 3 heterocycles. The zero-order chi connectivity index (χ0) is 101. The number of hydrogen-bond acceptors (Lipinski definition) is 2. The summed E-state index contributed by atoms with van der Waals surface area (Å²) in [4.78, 5) is 4.87. The number of rotatable bonds is 14. The van der Waals surface area contributed by atoms with Crippen LogP contribution in [0.3, 0.4) is 0 Å². The van der Waals surface area contributed by atoms with Crippen LogP contribution in [0.4, 0.5) is 0 Å². The van der Waals surface area contributed by atoms with Crippen molar-refractivity contribution >= 4 is 61.7 Å². The predicted molar refractivity (Wildman–Crippen MR) is 446 cm³/mol. The molecule has 16 aromatic rings. The number of imidazole rings is 1. The molecule has 0 fully saturated rings. The van der Waals surface area contributed by atoms with Gasteiger partial charge in [-0.1, -0.05) is 324 Å². The van der Waals surface area contributed by atoms with Crippen LogP contribution in [0, 0.1) is 18.5 Å². The first-order valence-electron chi connectivity index (χ1n) is 50.5. The molecule has 0 aliphatic carbocycles. The van der Waals surface area contributed by atoms with E-state index >= 15 is 0 Å². The van der Waals surface area contributed by atoms with Gasteiger partial charge in [0.15, 0.2) is 8.07 Å². The van der Waals surface area contributed by atoms with Gasteiger partial charge in [-0.3, -0.25) is 4.57 Å². The summed E-state index contributed by atoms with van der Waals surface area (Å²) in [6.45, 7) is 23.7. The first kappa shape index (κ1) is 43.0. The Morgan fingerprint density at radius 2 is 0.907 bits per heavy atom. The summed E-state index contributed by atoms with van der Waals surface area (Å²) in [6.07, 6.45) is 5.26. The van der Waals surface area contributed by atoms with Crippen LogP contribution < -0.4 is 30.1 Å². The molecule has 0 aliphatic heterocycles. The first-order valence-corrected chi connectivity index (χ1v) is 36.5. The van der Waals surface area contributed by atoms with Crippen molar-refractivity contribution in [2.75, 3.05) is 0 Å². The molecule has 0 saturated heterocycles. The van der Waals surface area contributed by atoms with Gasteiger partial charge in [0.1, 0.15) is 5.82 Å². The van der Waals surface area contributed by atoms with Crippen molar-refractivity contribution < 1.29 is 74.2 Å². The van der Waals surface area contributed by atoms with Gasteiger partial charge in [-0.05, 0) is 174 Å². The van der Waals surface area contributed by atoms with Crippen molar-refractivity contribution in [2.45, 2.75) is 105 Å². The average Bonchev–Trinajstić information content (AvgIpc) is 1.57. The van der Waals surface area contributed by atoms with Crippen LogP contribution in [-0.4, -0.2) is 22.2 Å². The Morgan fingerprint density at radius 1 is 0.393 bits per heavy atom. The standard InChI is InChI=1S/C100H88N4OSi.Pt/c1-97(2,3)76-52-53-101-95(64-76)104-91-47-29-28-46-87(91)88-50-49-82(66-93(88)104)105-81-38-31-37-80(65-81)102-67-103(92-51-48-70(60-94(92)102)74-57-77(98(4,5)6)61-78(58-74)99(7,8)9)96-89(71-36-30-45-86(59-71)106(83-39-22-15-23-40-83,84-41-24-16-25-42-84)85-43-26-17-27-44-85)62-79(100(10,11)12)63-90(96)75-55-72(68-32-18-13-19-33-68)54-73(56-75)69-34-20-14-21-35-69;/h13-64H,1-12H3;/q-2;/i13D,14D,15D,16D,17D,18D,19D,20D,21D,22D,23D,24D,25D,26D,27D,30D,32D,33D,34D,35D,36D,39D,40D,41D,42D,43D,44D,45D,54D,55D,56D,59D;. The fraction of sp³-hybridized carbons (Fsp3) is 0.160. The van der Waals surface area contributed by atoms with Crippen molar-refractivity contribution in [3.05, 3.63) is 356 Å². The van der Waals surface area contributed by atoms with Gasteiger partial charge >= 0.3 is 0 Å². The SMILES string of the molecule is [2H]c1c([2H])c([2H])c(-c2c([2H])c(-c3cc(C(C)(C)C)cc(-c4c([2H])c([2H])c([2H])c([Si](c5c([2H])c([2H])c([2H])c([2H])c5[2H])(c5c([2H])c([2H])c([2H])c([2H])c5[2H])c5c([2H])c([2H])c([2H])c([2H])c5[2H])c4[2H])c3-[n+]3[c-]n(-c4[c-]c(Oc5[c-]c6c(cc5)c5ccccc5n6-c5cc(C(C)(C)C)ccn5)ccc4)c4cc(-c5cc(C(C)(C)C)cc(C(C)(C)C)c5)ccc43)c([2H])c(-c3c([2H])c([2H])c([2H])c([2H])c3[2H])c2[2H])c([2H])c1[2H].[Pt]. The van der Waals surface area contributed by atoms with E-state index in [0.29, 0.717) is 22.5 Å². The molecule has 0 amide bonds. The van der Waals surface area contributed by atoms with Gasteiger partial charge < -0.3 is 13.9 Å². The van der Waals surface area contributed by atoms with Crippen LogP contribution in [0.1, 0.15) is 149 Å². The molecule has 107 heavy (non-hydrogen) atoms. The number of aromatic nitrogens is 4. The topological polar surface area (TPSA) is 35.9 Å². The van der Waals surface area contributed by atoms with Crippen LogP contribution in [0.5, 0.6) is 11.5 Å². The predicted octanol–water partition coefficient (Wildman–Crippen LogP) is 22.5. The van der Waals surface area contributed by atoms with E-state index in [4.69, 9.17) is 22.1 Å². The van der Waals surface area contributed by atoms with E-state index in [0.717, 1.165) is 33.0 Å². The monoisotopic (exact) mass is 1620 g/mol. The number of pyridine rings is 1. The van der Waals surface area contributed by atoms with Gasteiger partial charge in [-0.15, -0.1) is 29.7 Å². The van der Waals surface area contributed by atoms with E-state index in [9.17, 15) is 31.5 Å². The number of ether oxygens (including phenoxy) is 1. The van der Waals surface area contributed by atoms with E-state index < -0.39 is 289 Å². The Balaban J connectivity index is 0.0000146. The minimum Gasteiger partial charge on any atom is -0.510 e. The molecule has 16 rings (SSSR count). The second-order valence-corrected chi connectivity index (χ2v) is 33.5. The zero-order valence-electron chi connectivity index (χ0n) is 92.6. The van der Waals surface area contributed by atoms with Gasteiger partial charge in [0.2, 0.25) is 0 Å². The number of para-hydroxylation sites is 1. The Labute approximate surface area is 691 Å². The van der Waals surface area contributed by atoms with E-state index in [-0.39, 0.29) is 60.3 Å². The van der Waals surface area contributed by atoms with Crippen molar-refractivity contribution in [3.63, 3.8) is 0 Å². The fourth-order valence-corrected chi connectivity index (χ4v) is 16.8. The zero-order valence-corrected chi connectivity index (χ0v) is 63.8. The van der Waals surface area contributed by atoms with Gasteiger partial charge in [0.25, 0.3) is 6.33 Å². The molecule has 3 aromatic heterocycles. The van der Waals surface area contributed by atoms with Crippen molar-refractivity contribution in [1.82, 2.24) is 14.1 Å². The summed E-state index contributed by atoms with van der Waals surface area (Å²) < 4.78 is 325. The fourth-order valence-electron chi connectivity index (χ4n) is 13.2. The molecule has 0 atom stereocenters. The molecule has 7 heteroatoms. The van der Waals surface area contributed by atoms with Crippen LogP contribution in [0.25, 0.3) is 106 Å². The average molecular weight is 1620 g/mol. The molecule has 0 saturated carbocycles. The summed E-state index contributed by atoms with van der Waals surface area (Å²) in [5.74, 6) is 0.877. The van der Waals surface area contributed by atoms with Crippen molar-refractivity contribution in [3.8, 4) is 84.3 Å². The van der Waals surface area contributed by atoms with Gasteiger partial charge in [0, 0.05) is 44.3 Å². The second-order valence-electron chi connectivity index (χ2n) is 30.0. The number of benzene rings is 13. The third-order valence-corrected chi connectivity index (χ3v) is 22.9. The molecule has 0 bridgehead atoms. The number of fused-ring (bicyclic) bond motifs is 4. The third kappa shape index (κ3) is 13.8. The minimum absolute atomic E-state index is 0. The smallest absolute Gasteiger partial charge is 0.268 e. The van der Waals surface area contributed by atoms with Crippen molar-refractivity contribution in [1.29, 1.82) is 0 Å². The summed E-state index contributed by atoms with van der Waals surface area (Å²) in [7, 11) is -6.71. The minimum atomic E-state index is -6.71. The largest absolute Gasteiger partial charge is 0.510 e. The van der Waals surface area contributed by atoms with E-state index in [1.807, 2.05) is 59.2 Å². The Bertz CT molecular complexity index is 7580. The molecule has 5 nitrogen and oxygen atoms in total. The third-order valence-electron chi connectivity index (χ3n) is 18.9. The van der Waals surface area contributed by atoms with Crippen LogP contribution in [0.15, 0.2) is 315 Å². The van der Waals surface area contributed by atoms with E-state index in [1.54, 1.807) is 69.4 Å². The molecule has 0 unspecified atom stereocenters. The van der Waals surface area contributed by atoms with Crippen molar-refractivity contribution in [2.24, 2.45) is 0 Å². The summed E-state index contributed by atoms with van der Waals surface area (Å²) >= 11 is 0. The van der Waals surface area contributed by atoms with E-state index in [1.165, 1.54) is 21.3 Å². The summed E-state index contributed by atoms with van der Waals surface area (Å²) in [5, 5.41) is -2.98. The number of nitrogens with zero attached hydrogens (tertiary/aromatic N) is 4. The molecular formula is C100H88N4OPtSi-2. The molecule has 530 valence electrons. The Hall–Kier alpha value is -11.0. The van der Waals surface area contributed by atoms with Crippen LogP contribution >= 0.6 is 0 Å². The number of hydrogen-bond donors (Lipinski definition) is 0. The molecule has 0 aliphatic rings. The maximum atomic E-state index is 11.6. The van der Waals surface area contributed by atoms with Gasteiger partial charge in [-0.25, -0.2) is 4.98 Å². The van der Waals surface area contributed by atoms with Gasteiger partial charge in [-0.2, -0.15) is 18.2 Å². The normalized spacial score (nSPS) is 16.4. The maximum absolute atomic E-state index is 11.6. The first-order chi connectivity index (χ1) is 64.3. The Kier molecular flexibility index (Phi) is 11.4. The quantitative estimate of drug-likeness (QED) is 0.0471. The Morgan fingerprint density at radius 3 is 1.49 bits per heavy atom. The van der Waals surface area contributed by atoms with Crippen LogP contribution in [0.2, 0.25) is 0 Å². The summed E-state index contributed by atoms with van der Waals surface area (Å²) in [6, 6.07) is 4.97. The molecule has 0 N–H and O–H groups in total. The molecular weight excluding hydrogens is 1500 g/mol. The van der Waals surface area contributed by atoms with Gasteiger partial charge in [0.05, 0.1) is 60.6 Å². The maximum Gasteiger partial charge on any atom is 0.268 e. The van der Waals surface area contributed by atoms with Crippen LogP contribution in [-0.2, 0) is 42.7 Å². The molecule has 13 aromatic carbocycles. The molecule has 0 radical (unpaired) electrons. The second kappa shape index (κ2) is 28.4. The molecule has 0 spiro atoms. The van der Waals surface area contributed by atoms with E-state index in [2.05, 4.69) is 86.8 Å². The summed E-state index contributed by atoms with van der Waals surface area (Å²) in [5.41, 5.74) is -3.31.